The number of rotatable bonds is 7. The minimum atomic E-state index is -0.410. The molecule has 0 aromatic carbocycles. The summed E-state index contributed by atoms with van der Waals surface area (Å²) in [5.74, 6) is 0. The summed E-state index contributed by atoms with van der Waals surface area (Å²) in [6, 6.07) is 4.16. The smallest absolute Gasteiger partial charge is 0.0900 e. The van der Waals surface area contributed by atoms with Gasteiger partial charge in [0.2, 0.25) is 0 Å². The van der Waals surface area contributed by atoms with Crippen molar-refractivity contribution in [1.82, 2.24) is 4.90 Å². The topological polar surface area (TPSA) is 32.7 Å². The van der Waals surface area contributed by atoms with Crippen LogP contribution >= 0.6 is 11.3 Å². The van der Waals surface area contributed by atoms with Crippen LogP contribution in [0.5, 0.6) is 0 Å². The largest absolute Gasteiger partial charge is 0.389 e. The summed E-state index contributed by atoms with van der Waals surface area (Å²) in [5, 5.41) is 11.8. The lowest BCUT2D eigenvalue weighted by Gasteiger charge is -2.20. The van der Waals surface area contributed by atoms with Gasteiger partial charge in [0, 0.05) is 18.0 Å². The molecule has 0 aliphatic rings. The van der Waals surface area contributed by atoms with Gasteiger partial charge < -0.3 is 9.84 Å². The molecule has 0 aliphatic carbocycles. The molecule has 1 N–H and O–H groups in total. The lowest BCUT2D eigenvalue weighted by atomic mass is 10.3. The van der Waals surface area contributed by atoms with Crippen molar-refractivity contribution in [2.75, 3.05) is 20.2 Å². The van der Waals surface area contributed by atoms with E-state index < -0.39 is 6.10 Å². The van der Waals surface area contributed by atoms with Gasteiger partial charge in [-0.15, -0.1) is 11.3 Å². The van der Waals surface area contributed by atoms with Gasteiger partial charge in [-0.3, -0.25) is 4.90 Å². The van der Waals surface area contributed by atoms with Crippen molar-refractivity contribution in [3.8, 4) is 0 Å². The van der Waals surface area contributed by atoms with Crippen LogP contribution in [0.15, 0.2) is 17.5 Å². The van der Waals surface area contributed by atoms with Gasteiger partial charge in [0.1, 0.15) is 0 Å². The Morgan fingerprint density at radius 3 is 2.81 bits per heavy atom. The summed E-state index contributed by atoms with van der Waals surface area (Å²) >= 11 is 1.74. The summed E-state index contributed by atoms with van der Waals surface area (Å²) in [6.45, 7) is 5.89. The minimum Gasteiger partial charge on any atom is -0.389 e. The fourth-order valence-corrected chi connectivity index (χ4v) is 2.23. The first-order valence-electron chi connectivity index (χ1n) is 5.58. The van der Waals surface area contributed by atoms with Crippen LogP contribution in [-0.4, -0.2) is 42.4 Å². The second kappa shape index (κ2) is 7.01. The first-order chi connectivity index (χ1) is 7.58. The maximum atomic E-state index is 9.73. The third kappa shape index (κ3) is 5.61. The van der Waals surface area contributed by atoms with Gasteiger partial charge in [-0.1, -0.05) is 6.07 Å². The summed E-state index contributed by atoms with van der Waals surface area (Å²) < 4.78 is 5.37. The van der Waals surface area contributed by atoms with Crippen molar-refractivity contribution in [3.63, 3.8) is 0 Å². The second-order valence-electron chi connectivity index (χ2n) is 4.31. The number of hydrogen-bond acceptors (Lipinski definition) is 4. The van der Waals surface area contributed by atoms with Gasteiger partial charge >= 0.3 is 0 Å². The Kier molecular flexibility index (Phi) is 5.98. The second-order valence-corrected chi connectivity index (χ2v) is 5.34. The van der Waals surface area contributed by atoms with Gasteiger partial charge in [-0.05, 0) is 32.3 Å². The molecule has 0 saturated heterocycles. The van der Waals surface area contributed by atoms with Crippen LogP contribution in [0.1, 0.15) is 18.7 Å². The summed E-state index contributed by atoms with van der Waals surface area (Å²) in [6.07, 6.45) is -0.232. The van der Waals surface area contributed by atoms with Crippen LogP contribution in [-0.2, 0) is 11.3 Å². The van der Waals surface area contributed by atoms with Gasteiger partial charge in [0.05, 0.1) is 18.8 Å². The number of hydrogen-bond donors (Lipinski definition) is 1. The predicted molar refractivity (Wildman–Crippen MR) is 67.7 cm³/mol. The van der Waals surface area contributed by atoms with E-state index in [9.17, 15) is 5.11 Å². The molecular weight excluding hydrogens is 222 g/mol. The van der Waals surface area contributed by atoms with E-state index in [2.05, 4.69) is 16.3 Å². The van der Waals surface area contributed by atoms with Crippen molar-refractivity contribution >= 4 is 11.3 Å². The van der Waals surface area contributed by atoms with Crippen molar-refractivity contribution in [2.45, 2.75) is 32.6 Å². The van der Waals surface area contributed by atoms with E-state index in [1.165, 1.54) is 4.88 Å². The number of nitrogens with zero attached hydrogens (tertiary/aromatic N) is 1. The molecule has 92 valence electrons. The van der Waals surface area contributed by atoms with Crippen molar-refractivity contribution in [3.05, 3.63) is 22.4 Å². The third-order valence-electron chi connectivity index (χ3n) is 2.15. The Morgan fingerprint density at radius 2 is 2.25 bits per heavy atom. The molecule has 0 fully saturated rings. The molecule has 1 atom stereocenters. The Balaban J connectivity index is 2.20. The Hall–Kier alpha value is -0.420. The molecule has 1 aromatic heterocycles. The zero-order chi connectivity index (χ0) is 12.0. The standard InChI is InChI=1S/C12H21NO2S/c1-10(2)15-9-11(14)7-13(3)8-12-5-4-6-16-12/h4-6,10-11,14H,7-9H2,1-3H3. The molecule has 0 aliphatic heterocycles. The van der Waals surface area contributed by atoms with Gasteiger partial charge in [-0.25, -0.2) is 0 Å². The normalized spacial score (nSPS) is 13.6. The minimum absolute atomic E-state index is 0.178. The van der Waals surface area contributed by atoms with Crippen molar-refractivity contribution in [2.24, 2.45) is 0 Å². The van der Waals surface area contributed by atoms with Crippen LogP contribution in [0.4, 0.5) is 0 Å². The molecule has 1 rings (SSSR count). The highest BCUT2D eigenvalue weighted by atomic mass is 32.1. The molecule has 0 saturated carbocycles. The SMILES string of the molecule is CC(C)OCC(O)CN(C)Cc1cccs1. The number of aliphatic hydroxyl groups is 1. The third-order valence-corrected chi connectivity index (χ3v) is 3.01. The highest BCUT2D eigenvalue weighted by molar-refractivity contribution is 7.09. The van der Waals surface area contributed by atoms with E-state index in [0.717, 1.165) is 6.54 Å². The maximum absolute atomic E-state index is 9.73. The van der Waals surface area contributed by atoms with Gasteiger partial charge in [0.15, 0.2) is 0 Å². The zero-order valence-electron chi connectivity index (χ0n) is 10.2. The molecule has 3 nitrogen and oxygen atoms in total. The van der Waals surface area contributed by atoms with Crippen LogP contribution in [0.2, 0.25) is 0 Å². The summed E-state index contributed by atoms with van der Waals surface area (Å²) in [5.41, 5.74) is 0. The fraction of sp³-hybridized carbons (Fsp3) is 0.667. The van der Waals surface area contributed by atoms with Crippen LogP contribution in [0.25, 0.3) is 0 Å². The molecule has 1 heterocycles. The van der Waals surface area contributed by atoms with Crippen molar-refractivity contribution in [1.29, 1.82) is 0 Å². The molecule has 1 unspecified atom stereocenters. The Bertz CT molecular complexity index is 275. The van der Waals surface area contributed by atoms with E-state index in [1.54, 1.807) is 11.3 Å². The highest BCUT2D eigenvalue weighted by Gasteiger charge is 2.09. The number of ether oxygens (including phenoxy) is 1. The monoisotopic (exact) mass is 243 g/mol. The first-order valence-corrected chi connectivity index (χ1v) is 6.46. The maximum Gasteiger partial charge on any atom is 0.0900 e. The van der Waals surface area contributed by atoms with Crippen LogP contribution in [0.3, 0.4) is 0 Å². The fourth-order valence-electron chi connectivity index (χ4n) is 1.45. The Morgan fingerprint density at radius 1 is 1.50 bits per heavy atom. The van der Waals surface area contributed by atoms with E-state index in [0.29, 0.717) is 13.2 Å². The average Bonchev–Trinajstić information content (AvgIpc) is 2.67. The number of thiophene rings is 1. The zero-order valence-corrected chi connectivity index (χ0v) is 11.0. The molecule has 16 heavy (non-hydrogen) atoms. The quantitative estimate of drug-likeness (QED) is 0.794. The van der Waals surface area contributed by atoms with Gasteiger partial charge in [-0.2, -0.15) is 0 Å². The molecule has 0 amide bonds. The van der Waals surface area contributed by atoms with Crippen molar-refractivity contribution < 1.29 is 9.84 Å². The summed E-state index contributed by atoms with van der Waals surface area (Å²) in [7, 11) is 2.01. The molecular formula is C12H21NO2S. The van der Waals surface area contributed by atoms with E-state index in [1.807, 2.05) is 27.0 Å². The molecule has 0 spiro atoms. The highest BCUT2D eigenvalue weighted by Crippen LogP contribution is 2.10. The molecule has 4 heteroatoms. The lowest BCUT2D eigenvalue weighted by molar-refractivity contribution is -0.00625. The lowest BCUT2D eigenvalue weighted by Crippen LogP contribution is -2.32. The van der Waals surface area contributed by atoms with E-state index in [-0.39, 0.29) is 6.10 Å². The van der Waals surface area contributed by atoms with Crippen LogP contribution in [0, 0.1) is 0 Å². The van der Waals surface area contributed by atoms with E-state index in [4.69, 9.17) is 4.74 Å². The predicted octanol–water partition coefficient (Wildman–Crippen LogP) is 1.97. The molecule has 0 bridgehead atoms. The first kappa shape index (κ1) is 13.6. The van der Waals surface area contributed by atoms with E-state index >= 15 is 0 Å². The average molecular weight is 243 g/mol. The number of aliphatic hydroxyl groups excluding tert-OH is 1. The molecule has 0 radical (unpaired) electrons. The number of likely N-dealkylation sites (N-methyl/N-ethyl adjacent to an activating group) is 1. The van der Waals surface area contributed by atoms with Gasteiger partial charge in [0.25, 0.3) is 0 Å². The summed E-state index contributed by atoms with van der Waals surface area (Å²) in [4.78, 5) is 3.43. The molecule has 1 aromatic rings. The Labute approximate surface area is 102 Å². The van der Waals surface area contributed by atoms with Crippen LogP contribution < -0.4 is 0 Å².